The summed E-state index contributed by atoms with van der Waals surface area (Å²) in [5, 5.41) is 17.4. The number of aromatic nitrogens is 1. The number of thiazole rings is 1. The Kier molecular flexibility index (Phi) is 5.44. The molecule has 0 aromatic carbocycles. The highest BCUT2D eigenvalue weighted by Gasteiger charge is 2.54. The molecule has 13 heteroatoms. The number of nitrogen functional groups attached to an aromatic ring is 1. The lowest BCUT2D eigenvalue weighted by atomic mass is 10.0. The summed E-state index contributed by atoms with van der Waals surface area (Å²) in [4.78, 5) is 47.6. The lowest BCUT2D eigenvalue weighted by molar-refractivity contribution is -0.150. The molecule has 1 aromatic heterocycles. The summed E-state index contributed by atoms with van der Waals surface area (Å²) in [6.07, 6.45) is -0.0697. The van der Waals surface area contributed by atoms with Crippen LogP contribution in [0.5, 0.6) is 0 Å². The first kappa shape index (κ1) is 20.0. The summed E-state index contributed by atoms with van der Waals surface area (Å²) in [6, 6.07) is -0.851. The average molecular weight is 456 g/mol. The predicted molar refractivity (Wildman–Crippen MR) is 111 cm³/mol. The van der Waals surface area contributed by atoms with Crippen LogP contribution in [-0.4, -0.2) is 73.3 Å². The standard InChI is InChI=1S/C16H17N5O5S3/c1-6-2-28-14-10(13(23)21(14)11(6)15(24)25)19-12(22)9(8-5-29-16(17)18-8)20-26-7-3-27-4-7/h5,7,10,14H,2-4H2,1H3,(H2,17,18)(H,19,22)(H,24,25)/b20-9+/t10?,14-/m1/s1. The highest BCUT2D eigenvalue weighted by Crippen LogP contribution is 2.40. The van der Waals surface area contributed by atoms with Crippen LogP contribution in [0.3, 0.4) is 0 Å². The molecular formula is C16H17N5O5S3. The summed E-state index contributed by atoms with van der Waals surface area (Å²) in [7, 11) is 0. The molecule has 4 rings (SSSR count). The number of aliphatic carboxylic acids is 1. The van der Waals surface area contributed by atoms with Crippen LogP contribution in [0.15, 0.2) is 21.8 Å². The Morgan fingerprint density at radius 3 is 2.79 bits per heavy atom. The van der Waals surface area contributed by atoms with Gasteiger partial charge in [-0.25, -0.2) is 9.78 Å². The first-order chi connectivity index (χ1) is 13.9. The fourth-order valence-electron chi connectivity index (χ4n) is 2.99. The fraction of sp³-hybridized carbons (Fsp3) is 0.438. The predicted octanol–water partition coefficient (Wildman–Crippen LogP) is 0.320. The second-order valence-corrected chi connectivity index (χ2v) is 9.64. The van der Waals surface area contributed by atoms with Crippen LogP contribution in [-0.2, 0) is 19.2 Å². The molecule has 3 aliphatic heterocycles. The summed E-state index contributed by atoms with van der Waals surface area (Å²) < 4.78 is 0. The Balaban J connectivity index is 1.51. The van der Waals surface area contributed by atoms with Gasteiger partial charge >= 0.3 is 5.97 Å². The number of β-lactam (4-membered cyclic amide) rings is 1. The third-order valence-corrected chi connectivity index (χ3v) is 7.84. The van der Waals surface area contributed by atoms with Crippen molar-refractivity contribution in [1.29, 1.82) is 0 Å². The van der Waals surface area contributed by atoms with E-state index in [2.05, 4.69) is 15.5 Å². The number of carboxylic acid groups (broad SMARTS) is 1. The van der Waals surface area contributed by atoms with E-state index in [1.807, 2.05) is 0 Å². The molecule has 29 heavy (non-hydrogen) atoms. The van der Waals surface area contributed by atoms with Gasteiger partial charge in [-0.05, 0) is 12.5 Å². The normalized spacial score (nSPS) is 24.5. The zero-order valence-electron chi connectivity index (χ0n) is 15.2. The molecule has 4 heterocycles. The van der Waals surface area contributed by atoms with Gasteiger partial charge in [0.1, 0.15) is 28.9 Å². The number of carboxylic acids is 1. The summed E-state index contributed by atoms with van der Waals surface area (Å²) in [5.74, 6) is -0.205. The van der Waals surface area contributed by atoms with Crippen LogP contribution in [0.4, 0.5) is 5.13 Å². The summed E-state index contributed by atoms with van der Waals surface area (Å²) >= 11 is 4.27. The lowest BCUT2D eigenvalue weighted by Gasteiger charge is -2.49. The Labute approximate surface area is 177 Å². The number of carbonyl (C=O) groups is 3. The van der Waals surface area contributed by atoms with Gasteiger partial charge in [0, 0.05) is 22.6 Å². The largest absolute Gasteiger partial charge is 0.477 e. The van der Waals surface area contributed by atoms with Gasteiger partial charge in [-0.2, -0.15) is 11.8 Å². The van der Waals surface area contributed by atoms with Crippen molar-refractivity contribution in [2.24, 2.45) is 5.16 Å². The number of nitrogens with zero attached hydrogens (tertiary/aromatic N) is 3. The Morgan fingerprint density at radius 1 is 1.45 bits per heavy atom. The number of thioether (sulfide) groups is 2. The number of hydrogen-bond acceptors (Lipinski definition) is 10. The fourth-order valence-corrected chi connectivity index (χ4v) is 5.38. The maximum absolute atomic E-state index is 12.9. The van der Waals surface area contributed by atoms with Crippen LogP contribution >= 0.6 is 34.9 Å². The van der Waals surface area contributed by atoms with Crippen molar-refractivity contribution in [2.75, 3.05) is 23.0 Å². The van der Waals surface area contributed by atoms with Gasteiger partial charge in [0.2, 0.25) is 0 Å². The maximum atomic E-state index is 12.9. The van der Waals surface area contributed by atoms with E-state index < -0.39 is 29.2 Å². The summed E-state index contributed by atoms with van der Waals surface area (Å²) in [6.45, 7) is 1.68. The van der Waals surface area contributed by atoms with E-state index in [0.717, 1.165) is 22.8 Å². The number of rotatable bonds is 6. The van der Waals surface area contributed by atoms with E-state index >= 15 is 0 Å². The molecule has 0 spiro atoms. The van der Waals surface area contributed by atoms with Crippen LogP contribution < -0.4 is 11.1 Å². The first-order valence-corrected chi connectivity index (χ1v) is 11.7. The summed E-state index contributed by atoms with van der Waals surface area (Å²) in [5.41, 5.74) is 6.46. The molecule has 0 saturated carbocycles. The van der Waals surface area contributed by atoms with E-state index in [4.69, 9.17) is 10.6 Å². The minimum atomic E-state index is -1.15. The van der Waals surface area contributed by atoms with Crippen molar-refractivity contribution >= 4 is 63.5 Å². The molecule has 154 valence electrons. The monoisotopic (exact) mass is 455 g/mol. The van der Waals surface area contributed by atoms with E-state index in [1.54, 1.807) is 24.1 Å². The third-order valence-electron chi connectivity index (χ3n) is 4.53. The smallest absolute Gasteiger partial charge is 0.352 e. The number of fused-ring (bicyclic) bond motifs is 1. The quantitative estimate of drug-likeness (QED) is 0.313. The zero-order valence-corrected chi connectivity index (χ0v) is 17.6. The second kappa shape index (κ2) is 7.88. The minimum Gasteiger partial charge on any atom is -0.477 e. The number of amides is 2. The van der Waals surface area contributed by atoms with Gasteiger partial charge in [-0.3, -0.25) is 14.5 Å². The van der Waals surface area contributed by atoms with E-state index in [9.17, 15) is 19.5 Å². The zero-order chi connectivity index (χ0) is 20.7. The van der Waals surface area contributed by atoms with Crippen molar-refractivity contribution in [1.82, 2.24) is 15.2 Å². The molecule has 4 N–H and O–H groups in total. The molecule has 2 amide bonds. The topological polar surface area (TPSA) is 147 Å². The molecular weight excluding hydrogens is 438 g/mol. The SMILES string of the molecule is CC1=C(C(=O)O)N2C(=O)C(NC(=O)/C(=N/OC3CSC3)c3csc(N)n3)[C@H]2SC1. The molecule has 1 aromatic rings. The van der Waals surface area contributed by atoms with Crippen molar-refractivity contribution < 1.29 is 24.3 Å². The van der Waals surface area contributed by atoms with Crippen LogP contribution in [0, 0.1) is 0 Å². The number of anilines is 1. The van der Waals surface area contributed by atoms with Crippen molar-refractivity contribution in [3.63, 3.8) is 0 Å². The van der Waals surface area contributed by atoms with Gasteiger partial charge in [0.25, 0.3) is 11.8 Å². The second-order valence-electron chi connectivity index (χ2n) is 6.57. The molecule has 0 bridgehead atoms. The van der Waals surface area contributed by atoms with Gasteiger partial charge in [-0.1, -0.05) is 5.16 Å². The van der Waals surface area contributed by atoms with Gasteiger partial charge in [-0.15, -0.1) is 23.1 Å². The molecule has 2 saturated heterocycles. The maximum Gasteiger partial charge on any atom is 0.352 e. The number of nitrogens with two attached hydrogens (primary N) is 1. The van der Waals surface area contributed by atoms with Crippen molar-refractivity contribution in [3.05, 3.63) is 22.3 Å². The number of carbonyl (C=O) groups excluding carboxylic acids is 2. The highest BCUT2D eigenvalue weighted by molar-refractivity contribution is 8.00. The first-order valence-electron chi connectivity index (χ1n) is 8.58. The number of nitrogens with one attached hydrogen (secondary N) is 1. The Hall–Kier alpha value is -2.25. The molecule has 2 fully saturated rings. The van der Waals surface area contributed by atoms with Crippen LogP contribution in [0.1, 0.15) is 12.6 Å². The van der Waals surface area contributed by atoms with E-state index in [0.29, 0.717) is 11.3 Å². The van der Waals surface area contributed by atoms with Gasteiger partial charge < -0.3 is 21.0 Å². The molecule has 3 aliphatic rings. The number of hydrogen-bond donors (Lipinski definition) is 3. The van der Waals surface area contributed by atoms with Crippen molar-refractivity contribution in [2.45, 2.75) is 24.4 Å². The van der Waals surface area contributed by atoms with Gasteiger partial charge in [0.15, 0.2) is 10.8 Å². The molecule has 1 unspecified atom stereocenters. The van der Waals surface area contributed by atoms with Gasteiger partial charge in [0.05, 0.1) is 0 Å². The third kappa shape index (κ3) is 3.69. The van der Waals surface area contributed by atoms with E-state index in [1.165, 1.54) is 16.7 Å². The van der Waals surface area contributed by atoms with Crippen LogP contribution in [0.25, 0.3) is 0 Å². The lowest BCUT2D eigenvalue weighted by Crippen LogP contribution is -2.71. The Morgan fingerprint density at radius 2 is 2.21 bits per heavy atom. The van der Waals surface area contributed by atoms with Crippen molar-refractivity contribution in [3.8, 4) is 0 Å². The molecule has 0 radical (unpaired) electrons. The molecule has 2 atom stereocenters. The number of oxime groups is 1. The Bertz CT molecular complexity index is 941. The highest BCUT2D eigenvalue weighted by atomic mass is 32.2. The molecule has 0 aliphatic carbocycles. The molecule has 10 nitrogen and oxygen atoms in total. The minimum absolute atomic E-state index is 0.0174. The average Bonchev–Trinajstić information content (AvgIpc) is 3.07. The van der Waals surface area contributed by atoms with E-state index in [-0.39, 0.29) is 28.3 Å². The van der Waals surface area contributed by atoms with Crippen LogP contribution in [0.2, 0.25) is 0 Å².